The first-order valence-corrected chi connectivity index (χ1v) is 7.51. The number of fused-ring (bicyclic) bond motifs is 1. The molecule has 0 saturated carbocycles. The van der Waals surface area contributed by atoms with Gasteiger partial charge in [0.2, 0.25) is 6.79 Å². The molecular weight excluding hydrogens is 278 g/mol. The Kier molecular flexibility index (Phi) is 5.53. The van der Waals surface area contributed by atoms with Crippen LogP contribution in [0.3, 0.4) is 0 Å². The fourth-order valence-electron chi connectivity index (χ4n) is 2.29. The van der Waals surface area contributed by atoms with Gasteiger partial charge in [0.25, 0.3) is 5.91 Å². The van der Waals surface area contributed by atoms with Gasteiger partial charge in [-0.25, -0.2) is 0 Å². The number of carbonyl (C=O) groups excluding carboxylic acids is 1. The highest BCUT2D eigenvalue weighted by Gasteiger charge is 2.16. The van der Waals surface area contributed by atoms with Crippen LogP contribution in [0.25, 0.3) is 0 Å². The number of rotatable bonds is 7. The molecule has 1 aromatic rings. The van der Waals surface area contributed by atoms with E-state index in [0.29, 0.717) is 35.4 Å². The van der Waals surface area contributed by atoms with E-state index in [1.165, 1.54) is 0 Å². The minimum Gasteiger partial charge on any atom is -0.454 e. The van der Waals surface area contributed by atoms with E-state index in [0.717, 1.165) is 19.3 Å². The van der Waals surface area contributed by atoms with Crippen molar-refractivity contribution in [3.8, 4) is 11.5 Å². The molecule has 0 saturated heterocycles. The maximum Gasteiger partial charge on any atom is 0.251 e. The molecule has 1 aliphatic rings. The zero-order valence-electron chi connectivity index (χ0n) is 11.7. The largest absolute Gasteiger partial charge is 0.454 e. The van der Waals surface area contributed by atoms with E-state index in [9.17, 15) is 4.79 Å². The molecule has 1 aromatic carbocycles. The van der Waals surface area contributed by atoms with Crippen LogP contribution in [-0.4, -0.2) is 25.1 Å². The monoisotopic (exact) mass is 297 g/mol. The molecule has 4 nitrogen and oxygen atoms in total. The van der Waals surface area contributed by atoms with Crippen molar-refractivity contribution in [2.45, 2.75) is 26.2 Å². The molecule has 1 heterocycles. The summed E-state index contributed by atoms with van der Waals surface area (Å²) in [5, 5.41) is 2.97. The van der Waals surface area contributed by atoms with Crippen LogP contribution in [0.1, 0.15) is 36.5 Å². The Balaban J connectivity index is 1.91. The third kappa shape index (κ3) is 3.79. The van der Waals surface area contributed by atoms with Crippen molar-refractivity contribution in [3.63, 3.8) is 0 Å². The average Bonchev–Trinajstić information content (AvgIpc) is 2.92. The molecule has 0 bridgehead atoms. The molecule has 0 aliphatic carbocycles. The maximum atomic E-state index is 12.1. The normalized spacial score (nSPS) is 14.1. The molecule has 1 aliphatic heterocycles. The van der Waals surface area contributed by atoms with E-state index >= 15 is 0 Å². The van der Waals surface area contributed by atoms with E-state index < -0.39 is 0 Å². The lowest BCUT2D eigenvalue weighted by atomic mass is 10.0. The van der Waals surface area contributed by atoms with Crippen molar-refractivity contribution < 1.29 is 14.3 Å². The maximum absolute atomic E-state index is 12.1. The number of halogens is 1. The molecule has 0 aromatic heterocycles. The van der Waals surface area contributed by atoms with Gasteiger partial charge in [0, 0.05) is 18.0 Å². The van der Waals surface area contributed by atoms with Crippen LogP contribution in [0.2, 0.25) is 0 Å². The molecule has 1 N–H and O–H groups in total. The second-order valence-electron chi connectivity index (χ2n) is 4.91. The lowest BCUT2D eigenvalue weighted by molar-refractivity contribution is 0.0945. The smallest absolute Gasteiger partial charge is 0.251 e. The van der Waals surface area contributed by atoms with Crippen molar-refractivity contribution in [1.82, 2.24) is 5.32 Å². The molecule has 0 spiro atoms. The van der Waals surface area contributed by atoms with E-state index in [-0.39, 0.29) is 12.7 Å². The van der Waals surface area contributed by atoms with Gasteiger partial charge in [0.05, 0.1) is 0 Å². The van der Waals surface area contributed by atoms with Crippen LogP contribution in [0.15, 0.2) is 18.2 Å². The van der Waals surface area contributed by atoms with Crippen molar-refractivity contribution in [2.75, 3.05) is 19.2 Å². The van der Waals surface area contributed by atoms with Gasteiger partial charge in [-0.15, -0.1) is 11.6 Å². The Morgan fingerprint density at radius 3 is 2.90 bits per heavy atom. The number of ether oxygens (including phenoxy) is 2. The molecule has 1 atom stereocenters. The van der Waals surface area contributed by atoms with E-state index in [1.54, 1.807) is 18.2 Å². The quantitative estimate of drug-likeness (QED) is 0.786. The minimum absolute atomic E-state index is 0.0843. The van der Waals surface area contributed by atoms with E-state index in [1.807, 2.05) is 0 Å². The highest BCUT2D eigenvalue weighted by atomic mass is 35.5. The third-order valence-electron chi connectivity index (χ3n) is 3.40. The molecule has 0 fully saturated rings. The van der Waals surface area contributed by atoms with E-state index in [4.69, 9.17) is 21.1 Å². The lowest BCUT2D eigenvalue weighted by Crippen LogP contribution is -2.29. The summed E-state index contributed by atoms with van der Waals surface area (Å²) in [7, 11) is 0. The van der Waals surface area contributed by atoms with Gasteiger partial charge in [-0.05, 0) is 37.0 Å². The summed E-state index contributed by atoms with van der Waals surface area (Å²) in [5.41, 5.74) is 0.593. The molecule has 20 heavy (non-hydrogen) atoms. The predicted octanol–water partition coefficient (Wildman–Crippen LogP) is 3.19. The topological polar surface area (TPSA) is 47.6 Å². The van der Waals surface area contributed by atoms with Crippen LogP contribution in [0, 0.1) is 5.92 Å². The standard InChI is InChI=1S/C15H20ClNO3/c1-2-3-11(6-7-16)9-17-15(18)12-4-5-13-14(8-12)20-10-19-13/h4-5,8,11H,2-3,6-7,9-10H2,1H3,(H,17,18). The number of amides is 1. The number of carbonyl (C=O) groups is 1. The molecule has 110 valence electrons. The van der Waals surface area contributed by atoms with Gasteiger partial charge in [0.1, 0.15) is 0 Å². The zero-order valence-corrected chi connectivity index (χ0v) is 12.4. The summed E-state index contributed by atoms with van der Waals surface area (Å²) in [6.07, 6.45) is 3.10. The highest BCUT2D eigenvalue weighted by Crippen LogP contribution is 2.32. The number of hydrogen-bond acceptors (Lipinski definition) is 3. The molecule has 1 amide bonds. The predicted molar refractivity (Wildman–Crippen MR) is 78.6 cm³/mol. The average molecular weight is 298 g/mol. The van der Waals surface area contributed by atoms with Crippen molar-refractivity contribution in [2.24, 2.45) is 5.92 Å². The first kappa shape index (κ1) is 15.0. The summed E-state index contributed by atoms with van der Waals surface area (Å²) in [6.45, 7) is 3.02. The van der Waals surface area contributed by atoms with Crippen LogP contribution in [0.4, 0.5) is 0 Å². The van der Waals surface area contributed by atoms with Gasteiger partial charge < -0.3 is 14.8 Å². The Labute approximate surface area is 124 Å². The van der Waals surface area contributed by atoms with Crippen molar-refractivity contribution in [3.05, 3.63) is 23.8 Å². The summed E-state index contributed by atoms with van der Waals surface area (Å²) in [6, 6.07) is 5.23. The fourth-order valence-corrected chi connectivity index (χ4v) is 2.60. The van der Waals surface area contributed by atoms with Gasteiger partial charge in [0.15, 0.2) is 11.5 Å². The van der Waals surface area contributed by atoms with Crippen molar-refractivity contribution in [1.29, 1.82) is 0 Å². The molecular formula is C15H20ClNO3. The zero-order chi connectivity index (χ0) is 14.4. The van der Waals surface area contributed by atoms with Gasteiger partial charge >= 0.3 is 0 Å². The summed E-state index contributed by atoms with van der Waals surface area (Å²) < 4.78 is 10.5. The Bertz CT molecular complexity index is 458. The SMILES string of the molecule is CCCC(CCCl)CNC(=O)c1ccc2c(c1)OCO2. The van der Waals surface area contributed by atoms with Crippen LogP contribution in [-0.2, 0) is 0 Å². The Morgan fingerprint density at radius 2 is 2.15 bits per heavy atom. The molecule has 1 unspecified atom stereocenters. The lowest BCUT2D eigenvalue weighted by Gasteiger charge is -2.15. The summed E-state index contributed by atoms with van der Waals surface area (Å²) in [4.78, 5) is 12.1. The first-order chi connectivity index (χ1) is 9.74. The summed E-state index contributed by atoms with van der Waals surface area (Å²) >= 11 is 5.79. The van der Waals surface area contributed by atoms with Crippen LogP contribution < -0.4 is 14.8 Å². The van der Waals surface area contributed by atoms with Crippen LogP contribution in [0.5, 0.6) is 11.5 Å². The second kappa shape index (κ2) is 7.39. The van der Waals surface area contributed by atoms with Gasteiger partial charge in [-0.2, -0.15) is 0 Å². The third-order valence-corrected chi connectivity index (χ3v) is 3.62. The van der Waals surface area contributed by atoms with Gasteiger partial charge in [-0.3, -0.25) is 4.79 Å². The molecule has 0 radical (unpaired) electrons. The Morgan fingerprint density at radius 1 is 1.35 bits per heavy atom. The number of alkyl halides is 1. The number of hydrogen-bond donors (Lipinski definition) is 1. The molecule has 5 heteroatoms. The van der Waals surface area contributed by atoms with Crippen molar-refractivity contribution >= 4 is 17.5 Å². The minimum atomic E-state index is -0.0843. The van der Waals surface area contributed by atoms with E-state index in [2.05, 4.69) is 12.2 Å². The first-order valence-electron chi connectivity index (χ1n) is 6.98. The number of nitrogens with one attached hydrogen (secondary N) is 1. The number of benzene rings is 1. The second-order valence-corrected chi connectivity index (χ2v) is 5.29. The molecule has 2 rings (SSSR count). The fraction of sp³-hybridized carbons (Fsp3) is 0.533. The Hall–Kier alpha value is -1.42. The van der Waals surface area contributed by atoms with Gasteiger partial charge in [-0.1, -0.05) is 13.3 Å². The van der Waals surface area contributed by atoms with Crippen LogP contribution >= 0.6 is 11.6 Å². The summed E-state index contributed by atoms with van der Waals surface area (Å²) in [5.74, 6) is 2.30. The highest BCUT2D eigenvalue weighted by molar-refractivity contribution is 6.17.